The fourth-order valence-corrected chi connectivity index (χ4v) is 5.35. The van der Waals surface area contributed by atoms with Crippen LogP contribution in [0.25, 0.3) is 10.8 Å². The van der Waals surface area contributed by atoms with E-state index < -0.39 is 0 Å². The van der Waals surface area contributed by atoms with E-state index in [1.807, 2.05) is 30.3 Å². The quantitative estimate of drug-likeness (QED) is 0.180. The molecular formula is C34H36ClNO4. The zero-order valence-corrected chi connectivity index (χ0v) is 24.0. The van der Waals surface area contributed by atoms with E-state index in [2.05, 4.69) is 66.8 Å². The molecule has 1 amide bonds. The summed E-state index contributed by atoms with van der Waals surface area (Å²) in [7, 11) is 1.68. The Balaban J connectivity index is 1.65. The predicted octanol–water partition coefficient (Wildman–Crippen LogP) is 7.90. The van der Waals surface area contributed by atoms with Crippen molar-refractivity contribution in [2.24, 2.45) is 0 Å². The molecule has 40 heavy (non-hydrogen) atoms. The van der Waals surface area contributed by atoms with E-state index in [0.717, 1.165) is 29.4 Å². The number of ether oxygens (including phenoxy) is 2. The number of fused-ring (bicyclic) bond motifs is 1. The molecule has 4 rings (SSSR count). The zero-order chi connectivity index (χ0) is 28.5. The topological polar surface area (TPSA) is 64.6 Å². The van der Waals surface area contributed by atoms with Crippen molar-refractivity contribution in [1.29, 1.82) is 0 Å². The molecule has 0 saturated heterocycles. The molecule has 2 atom stereocenters. The molecule has 0 radical (unpaired) electrons. The molecule has 208 valence electrons. The lowest BCUT2D eigenvalue weighted by atomic mass is 9.74. The molecule has 0 heterocycles. The van der Waals surface area contributed by atoms with Crippen LogP contribution in [0.3, 0.4) is 0 Å². The Kier molecular flexibility index (Phi) is 10.2. The van der Waals surface area contributed by atoms with Crippen molar-refractivity contribution >= 4 is 34.2 Å². The molecule has 4 aromatic carbocycles. The lowest BCUT2D eigenvalue weighted by Crippen LogP contribution is -2.26. The molecule has 0 fully saturated rings. The third-order valence-electron chi connectivity index (χ3n) is 7.18. The molecule has 4 aromatic rings. The summed E-state index contributed by atoms with van der Waals surface area (Å²) >= 11 is 6.27. The Morgan fingerprint density at radius 1 is 0.825 bits per heavy atom. The number of hydrogen-bond donors (Lipinski definition) is 1. The molecule has 0 bridgehead atoms. The van der Waals surface area contributed by atoms with Gasteiger partial charge in [0.25, 0.3) is 5.91 Å². The normalized spacial score (nSPS) is 12.5. The van der Waals surface area contributed by atoms with Gasteiger partial charge in [-0.05, 0) is 83.1 Å². The molecule has 0 aliphatic carbocycles. The second-order valence-electron chi connectivity index (χ2n) is 9.83. The molecule has 6 heteroatoms. The Bertz CT molecular complexity index is 1430. The minimum Gasteiger partial charge on any atom is -0.497 e. The number of halogens is 1. The zero-order valence-electron chi connectivity index (χ0n) is 23.3. The van der Waals surface area contributed by atoms with Gasteiger partial charge in [0.2, 0.25) is 0 Å². The summed E-state index contributed by atoms with van der Waals surface area (Å²) in [6.07, 6.45) is 2.13. The van der Waals surface area contributed by atoms with Gasteiger partial charge in [0.05, 0.1) is 20.1 Å². The Morgan fingerprint density at radius 3 is 2.15 bits per heavy atom. The molecule has 0 aliphatic rings. The average Bonchev–Trinajstić information content (AvgIpc) is 2.97. The molecule has 0 aliphatic heterocycles. The number of carbonyl (C=O) groups excluding carboxylic acids is 2. The van der Waals surface area contributed by atoms with Crippen LogP contribution in [0.15, 0.2) is 84.9 Å². The van der Waals surface area contributed by atoms with E-state index in [0.29, 0.717) is 17.2 Å². The van der Waals surface area contributed by atoms with Crippen LogP contribution in [0.2, 0.25) is 5.02 Å². The highest BCUT2D eigenvalue weighted by atomic mass is 35.5. The van der Waals surface area contributed by atoms with Crippen molar-refractivity contribution in [3.05, 3.63) is 112 Å². The van der Waals surface area contributed by atoms with Crippen LogP contribution < -0.4 is 10.1 Å². The first kappa shape index (κ1) is 29.2. The number of rotatable bonds is 12. The number of benzene rings is 4. The van der Waals surface area contributed by atoms with Gasteiger partial charge in [-0.1, -0.05) is 73.5 Å². The third-order valence-corrected chi connectivity index (χ3v) is 7.43. The lowest BCUT2D eigenvalue weighted by molar-refractivity contribution is -0.142. The van der Waals surface area contributed by atoms with Crippen LogP contribution in [0.1, 0.15) is 72.0 Å². The van der Waals surface area contributed by atoms with Crippen LogP contribution >= 0.6 is 11.6 Å². The summed E-state index contributed by atoms with van der Waals surface area (Å²) in [4.78, 5) is 24.3. The first-order valence-corrected chi connectivity index (χ1v) is 14.2. The van der Waals surface area contributed by atoms with Gasteiger partial charge < -0.3 is 14.8 Å². The van der Waals surface area contributed by atoms with Crippen LogP contribution in [0.5, 0.6) is 5.75 Å². The molecule has 0 aromatic heterocycles. The Morgan fingerprint density at radius 2 is 1.48 bits per heavy atom. The number of amides is 1. The number of nitrogens with one attached hydrogen (secondary N) is 1. The summed E-state index contributed by atoms with van der Waals surface area (Å²) in [6.45, 7) is 4.53. The standard InChI is InChI=1S/C34H36ClNO4/c1-4-6-31(23-7-9-25(10-8-23)34(38)36-20-19-32(37)40-5-2)33(24-13-16-29(35)17-14-24)28-12-11-27-22-30(39-3)18-15-26(27)21-28/h7-18,21-22,31,33H,4-6,19-20H2,1-3H3,(H,36,38)/t31-,33?/m1/s1. The van der Waals surface area contributed by atoms with Gasteiger partial charge in [-0.15, -0.1) is 0 Å². The predicted molar refractivity (Wildman–Crippen MR) is 161 cm³/mol. The van der Waals surface area contributed by atoms with Crippen molar-refractivity contribution in [3.63, 3.8) is 0 Å². The molecular weight excluding hydrogens is 522 g/mol. The lowest BCUT2D eigenvalue weighted by Gasteiger charge is -2.29. The van der Waals surface area contributed by atoms with Crippen molar-refractivity contribution in [2.45, 2.75) is 44.9 Å². The van der Waals surface area contributed by atoms with E-state index >= 15 is 0 Å². The van der Waals surface area contributed by atoms with Gasteiger partial charge in [-0.2, -0.15) is 0 Å². The summed E-state index contributed by atoms with van der Waals surface area (Å²) < 4.78 is 10.3. The highest BCUT2D eigenvalue weighted by Gasteiger charge is 2.26. The summed E-state index contributed by atoms with van der Waals surface area (Å²) in [5.41, 5.74) is 4.14. The summed E-state index contributed by atoms with van der Waals surface area (Å²) in [6, 6.07) is 28.7. The van der Waals surface area contributed by atoms with Gasteiger partial charge >= 0.3 is 5.97 Å². The van der Waals surface area contributed by atoms with E-state index in [1.165, 1.54) is 16.7 Å². The molecule has 1 unspecified atom stereocenters. The highest BCUT2D eigenvalue weighted by Crippen LogP contribution is 2.42. The van der Waals surface area contributed by atoms with Crippen molar-refractivity contribution in [1.82, 2.24) is 5.32 Å². The summed E-state index contributed by atoms with van der Waals surface area (Å²) in [5, 5.41) is 5.80. The van der Waals surface area contributed by atoms with Gasteiger partial charge in [0, 0.05) is 23.0 Å². The maximum absolute atomic E-state index is 12.7. The fraction of sp³-hybridized carbons (Fsp3) is 0.294. The van der Waals surface area contributed by atoms with E-state index in [-0.39, 0.29) is 36.7 Å². The number of esters is 1. The monoisotopic (exact) mass is 557 g/mol. The maximum atomic E-state index is 12.7. The van der Waals surface area contributed by atoms with E-state index in [1.54, 1.807) is 14.0 Å². The fourth-order valence-electron chi connectivity index (χ4n) is 5.22. The van der Waals surface area contributed by atoms with Crippen LogP contribution in [-0.4, -0.2) is 32.1 Å². The van der Waals surface area contributed by atoms with E-state index in [4.69, 9.17) is 21.1 Å². The van der Waals surface area contributed by atoms with E-state index in [9.17, 15) is 9.59 Å². The molecule has 0 spiro atoms. The maximum Gasteiger partial charge on any atom is 0.307 e. The highest BCUT2D eigenvalue weighted by molar-refractivity contribution is 6.30. The van der Waals surface area contributed by atoms with Gasteiger partial charge in [-0.25, -0.2) is 0 Å². The van der Waals surface area contributed by atoms with Gasteiger partial charge in [0.1, 0.15) is 5.75 Å². The second kappa shape index (κ2) is 14.0. The second-order valence-corrected chi connectivity index (χ2v) is 10.3. The van der Waals surface area contributed by atoms with Gasteiger partial charge in [-0.3, -0.25) is 9.59 Å². The largest absolute Gasteiger partial charge is 0.497 e. The molecule has 5 nitrogen and oxygen atoms in total. The number of methoxy groups -OCH3 is 1. The first-order valence-electron chi connectivity index (χ1n) is 13.8. The van der Waals surface area contributed by atoms with Gasteiger partial charge in [0.15, 0.2) is 0 Å². The number of carbonyl (C=O) groups is 2. The average molecular weight is 558 g/mol. The van der Waals surface area contributed by atoms with Crippen LogP contribution in [0.4, 0.5) is 0 Å². The van der Waals surface area contributed by atoms with Crippen LogP contribution in [-0.2, 0) is 9.53 Å². The van der Waals surface area contributed by atoms with Crippen molar-refractivity contribution < 1.29 is 19.1 Å². The van der Waals surface area contributed by atoms with Crippen molar-refractivity contribution in [2.75, 3.05) is 20.3 Å². The third kappa shape index (κ3) is 7.22. The molecule has 1 N–H and O–H groups in total. The van der Waals surface area contributed by atoms with Crippen LogP contribution in [0, 0.1) is 0 Å². The SMILES string of the molecule is CCC[C@H](c1ccc(C(=O)NCCC(=O)OCC)cc1)C(c1ccc(Cl)cc1)c1ccc2cc(OC)ccc2c1. The Labute approximate surface area is 241 Å². The number of hydrogen-bond acceptors (Lipinski definition) is 4. The first-order chi connectivity index (χ1) is 19.4. The van der Waals surface area contributed by atoms with Crippen molar-refractivity contribution in [3.8, 4) is 5.75 Å². The molecule has 0 saturated carbocycles. The smallest absolute Gasteiger partial charge is 0.307 e. The summed E-state index contributed by atoms with van der Waals surface area (Å²) in [5.74, 6) is 0.586. The minimum absolute atomic E-state index is 0.0907. The Hall–Kier alpha value is -3.83. The minimum atomic E-state index is -0.318.